The highest BCUT2D eigenvalue weighted by atomic mass is 19.4. The van der Waals surface area contributed by atoms with Gasteiger partial charge in [-0.15, -0.1) is 0 Å². The quantitative estimate of drug-likeness (QED) is 0.541. The number of aromatic nitrogens is 2. The zero-order valence-corrected chi connectivity index (χ0v) is 16.8. The molecule has 4 rings (SSSR count). The van der Waals surface area contributed by atoms with Crippen molar-refractivity contribution in [2.45, 2.75) is 19.0 Å². The molecular formula is C22H19F3N4O3. The van der Waals surface area contributed by atoms with Crippen LogP contribution in [-0.2, 0) is 11.0 Å². The Morgan fingerprint density at radius 1 is 1.12 bits per heavy atom. The summed E-state index contributed by atoms with van der Waals surface area (Å²) >= 11 is 0. The molecule has 2 aromatic heterocycles. The van der Waals surface area contributed by atoms with Crippen molar-refractivity contribution in [1.82, 2.24) is 15.3 Å². The van der Waals surface area contributed by atoms with Gasteiger partial charge in [0, 0.05) is 29.1 Å². The van der Waals surface area contributed by atoms with E-state index >= 15 is 0 Å². The lowest BCUT2D eigenvalue weighted by Gasteiger charge is -2.11. The minimum Gasteiger partial charge on any atom is -0.476 e. The van der Waals surface area contributed by atoms with E-state index in [4.69, 9.17) is 4.74 Å². The molecule has 10 heteroatoms. The number of halogens is 3. The number of fused-ring (bicyclic) bond motifs is 1. The molecule has 0 atom stereocenters. The number of carbonyl (C=O) groups is 2. The Balaban J connectivity index is 1.33. The van der Waals surface area contributed by atoms with Gasteiger partial charge >= 0.3 is 6.18 Å². The van der Waals surface area contributed by atoms with Crippen LogP contribution in [0, 0.1) is 5.92 Å². The standard InChI is InChI=1S/C22H19F3N4O3/c23-22(24,25)16-3-1-2-13-6-7-18(29-19(13)16)32-11-10-27-20(30)15-8-9-26-17(12-15)28-21(31)14-4-5-14/h1-3,6-9,12,14H,4-5,10-11H2,(H,27,30)(H,26,28,31). The van der Waals surface area contributed by atoms with Crippen molar-refractivity contribution < 1.29 is 27.5 Å². The van der Waals surface area contributed by atoms with Gasteiger partial charge in [0.1, 0.15) is 12.4 Å². The molecule has 1 fully saturated rings. The van der Waals surface area contributed by atoms with E-state index in [1.165, 1.54) is 42.6 Å². The second-order valence-corrected chi connectivity index (χ2v) is 7.32. The van der Waals surface area contributed by atoms with Gasteiger partial charge in [0.25, 0.3) is 5.91 Å². The summed E-state index contributed by atoms with van der Waals surface area (Å²) in [6.07, 6.45) is -1.39. The molecule has 7 nitrogen and oxygen atoms in total. The maximum absolute atomic E-state index is 13.2. The molecule has 1 aliphatic rings. The second-order valence-electron chi connectivity index (χ2n) is 7.32. The number of hydrogen-bond acceptors (Lipinski definition) is 5. The van der Waals surface area contributed by atoms with Crippen molar-refractivity contribution in [3.05, 3.63) is 59.8 Å². The Kier molecular flexibility index (Phi) is 5.93. The molecule has 2 amide bonds. The summed E-state index contributed by atoms with van der Waals surface area (Å²) < 4.78 is 45.0. The third-order valence-electron chi connectivity index (χ3n) is 4.86. The number of ether oxygens (including phenoxy) is 1. The fourth-order valence-corrected chi connectivity index (χ4v) is 3.07. The van der Waals surface area contributed by atoms with Gasteiger partial charge in [0.05, 0.1) is 17.6 Å². The zero-order valence-electron chi connectivity index (χ0n) is 16.8. The van der Waals surface area contributed by atoms with E-state index in [2.05, 4.69) is 20.6 Å². The van der Waals surface area contributed by atoms with E-state index in [0.717, 1.165) is 18.9 Å². The lowest BCUT2D eigenvalue weighted by molar-refractivity contribution is -0.136. The van der Waals surface area contributed by atoms with Gasteiger partial charge in [0.2, 0.25) is 11.8 Å². The van der Waals surface area contributed by atoms with E-state index in [9.17, 15) is 22.8 Å². The molecule has 2 N–H and O–H groups in total. The first-order valence-electron chi connectivity index (χ1n) is 9.96. The minimum atomic E-state index is -4.53. The van der Waals surface area contributed by atoms with Crippen LogP contribution in [0.1, 0.15) is 28.8 Å². The number of para-hydroxylation sites is 1. The summed E-state index contributed by atoms with van der Waals surface area (Å²) in [4.78, 5) is 32.1. The van der Waals surface area contributed by atoms with Crippen LogP contribution in [0.5, 0.6) is 5.88 Å². The van der Waals surface area contributed by atoms with E-state index in [1.807, 2.05) is 0 Å². The lowest BCUT2D eigenvalue weighted by atomic mass is 10.1. The summed E-state index contributed by atoms with van der Waals surface area (Å²) in [5.41, 5.74) is -0.722. The number of pyridine rings is 2. The summed E-state index contributed by atoms with van der Waals surface area (Å²) in [5.74, 6) is -0.171. The van der Waals surface area contributed by atoms with Crippen LogP contribution < -0.4 is 15.4 Å². The Morgan fingerprint density at radius 2 is 1.94 bits per heavy atom. The molecule has 1 saturated carbocycles. The van der Waals surface area contributed by atoms with Crippen LogP contribution in [-0.4, -0.2) is 34.9 Å². The molecule has 1 aliphatic carbocycles. The number of benzene rings is 1. The van der Waals surface area contributed by atoms with Gasteiger partial charge in [-0.1, -0.05) is 12.1 Å². The van der Waals surface area contributed by atoms with Crippen LogP contribution in [0.2, 0.25) is 0 Å². The third-order valence-corrected chi connectivity index (χ3v) is 4.86. The number of nitrogens with one attached hydrogen (secondary N) is 2. The maximum atomic E-state index is 13.2. The molecule has 32 heavy (non-hydrogen) atoms. The molecule has 0 spiro atoms. The smallest absolute Gasteiger partial charge is 0.418 e. The minimum absolute atomic E-state index is 0.00872. The molecule has 3 aromatic rings. The first kappa shape index (κ1) is 21.5. The highest BCUT2D eigenvalue weighted by Gasteiger charge is 2.33. The number of carbonyl (C=O) groups excluding carboxylic acids is 2. The molecule has 0 bridgehead atoms. The highest BCUT2D eigenvalue weighted by Crippen LogP contribution is 2.34. The van der Waals surface area contributed by atoms with Crippen molar-refractivity contribution in [1.29, 1.82) is 0 Å². The highest BCUT2D eigenvalue weighted by molar-refractivity contribution is 5.97. The van der Waals surface area contributed by atoms with Gasteiger partial charge < -0.3 is 15.4 Å². The van der Waals surface area contributed by atoms with Crippen LogP contribution in [0.3, 0.4) is 0 Å². The summed E-state index contributed by atoms with van der Waals surface area (Å²) in [7, 11) is 0. The topological polar surface area (TPSA) is 93.2 Å². The third kappa shape index (κ3) is 5.13. The lowest BCUT2D eigenvalue weighted by Crippen LogP contribution is -2.28. The molecule has 0 aliphatic heterocycles. The molecule has 166 valence electrons. The van der Waals surface area contributed by atoms with Crippen LogP contribution >= 0.6 is 0 Å². The van der Waals surface area contributed by atoms with Gasteiger partial charge in [-0.3, -0.25) is 9.59 Å². The number of rotatable bonds is 7. The fourth-order valence-electron chi connectivity index (χ4n) is 3.07. The largest absolute Gasteiger partial charge is 0.476 e. The van der Waals surface area contributed by atoms with Crippen molar-refractivity contribution in [2.75, 3.05) is 18.5 Å². The van der Waals surface area contributed by atoms with Gasteiger partial charge in [-0.25, -0.2) is 9.97 Å². The Labute approximate surface area is 181 Å². The number of anilines is 1. The first-order valence-corrected chi connectivity index (χ1v) is 9.96. The Morgan fingerprint density at radius 3 is 2.69 bits per heavy atom. The molecule has 1 aromatic carbocycles. The van der Waals surface area contributed by atoms with E-state index < -0.39 is 17.6 Å². The summed E-state index contributed by atoms with van der Waals surface area (Å²) in [6, 6.07) is 9.78. The van der Waals surface area contributed by atoms with Gasteiger partial charge in [0.15, 0.2) is 0 Å². The predicted molar refractivity (Wildman–Crippen MR) is 110 cm³/mol. The molecule has 0 unspecified atom stereocenters. The first-order chi connectivity index (χ1) is 15.3. The second kappa shape index (κ2) is 8.81. The van der Waals surface area contributed by atoms with Crippen molar-refractivity contribution in [3.63, 3.8) is 0 Å². The Bertz CT molecular complexity index is 1160. The maximum Gasteiger partial charge on any atom is 0.418 e. The van der Waals surface area contributed by atoms with Crippen molar-refractivity contribution in [2.24, 2.45) is 5.92 Å². The van der Waals surface area contributed by atoms with Crippen LogP contribution in [0.25, 0.3) is 10.9 Å². The van der Waals surface area contributed by atoms with Gasteiger partial charge in [-0.2, -0.15) is 13.2 Å². The van der Waals surface area contributed by atoms with E-state index in [1.54, 1.807) is 0 Å². The fraction of sp³-hybridized carbons (Fsp3) is 0.273. The average molecular weight is 444 g/mol. The zero-order chi connectivity index (χ0) is 22.7. The van der Waals surface area contributed by atoms with Crippen LogP contribution in [0.15, 0.2) is 48.7 Å². The normalized spacial score (nSPS) is 13.6. The van der Waals surface area contributed by atoms with Crippen molar-refractivity contribution >= 4 is 28.5 Å². The molecule has 0 saturated heterocycles. The van der Waals surface area contributed by atoms with Crippen LogP contribution in [0.4, 0.5) is 19.0 Å². The molecular weight excluding hydrogens is 425 g/mol. The van der Waals surface area contributed by atoms with Crippen molar-refractivity contribution in [3.8, 4) is 5.88 Å². The predicted octanol–water partition coefficient (Wildman–Crippen LogP) is 3.81. The molecule has 0 radical (unpaired) electrons. The number of hydrogen-bond donors (Lipinski definition) is 2. The summed E-state index contributed by atoms with van der Waals surface area (Å²) in [5, 5.41) is 5.67. The SMILES string of the molecule is O=C(NCCOc1ccc2cccc(C(F)(F)F)c2n1)c1ccnc(NC(=O)C2CC2)c1. The number of alkyl halides is 3. The van der Waals surface area contributed by atoms with E-state index in [0.29, 0.717) is 16.8 Å². The van der Waals surface area contributed by atoms with Gasteiger partial charge in [-0.05, 0) is 37.1 Å². The average Bonchev–Trinajstić information content (AvgIpc) is 3.61. The number of nitrogens with zero attached hydrogens (tertiary/aromatic N) is 2. The number of amides is 2. The Hall–Kier alpha value is -3.69. The summed E-state index contributed by atoms with van der Waals surface area (Å²) in [6.45, 7) is 0.111. The molecule has 2 heterocycles. The van der Waals surface area contributed by atoms with E-state index in [-0.39, 0.29) is 36.4 Å². The monoisotopic (exact) mass is 444 g/mol.